The van der Waals surface area contributed by atoms with Crippen molar-refractivity contribution in [1.82, 2.24) is 0 Å². The molecule has 0 spiro atoms. The molecule has 0 aliphatic carbocycles. The Morgan fingerprint density at radius 3 is 2.38 bits per heavy atom. The second-order valence-electron chi connectivity index (χ2n) is 2.78. The van der Waals surface area contributed by atoms with Crippen LogP contribution in [0.15, 0.2) is 51.6 Å². The summed E-state index contributed by atoms with van der Waals surface area (Å²) >= 11 is 3.67. The van der Waals surface area contributed by atoms with Gasteiger partial charge < -0.3 is 0 Å². The number of rotatable bonds is 2. The molecule has 0 saturated carbocycles. The minimum atomic E-state index is 1.31. The molecule has 0 aliphatic heterocycles. The van der Waals surface area contributed by atoms with Crippen molar-refractivity contribution in [2.24, 2.45) is 0 Å². The van der Waals surface area contributed by atoms with E-state index in [0.29, 0.717) is 0 Å². The van der Waals surface area contributed by atoms with Crippen LogP contribution in [0.25, 0.3) is 0 Å². The number of benzene rings is 1. The van der Waals surface area contributed by atoms with E-state index in [-0.39, 0.29) is 0 Å². The van der Waals surface area contributed by atoms with Gasteiger partial charge in [0.1, 0.15) is 0 Å². The van der Waals surface area contributed by atoms with Gasteiger partial charge in [0, 0.05) is 9.77 Å². The van der Waals surface area contributed by atoms with Crippen LogP contribution in [-0.2, 0) is 0 Å². The molecule has 0 bridgehead atoms. The molecular formula is C11H10S2. The fourth-order valence-electron chi connectivity index (χ4n) is 1.07. The van der Waals surface area contributed by atoms with E-state index in [1.807, 2.05) is 29.2 Å². The maximum absolute atomic E-state index is 2.18. The number of hydrogen-bond donors (Lipinski definition) is 0. The Morgan fingerprint density at radius 2 is 1.77 bits per heavy atom. The van der Waals surface area contributed by atoms with Crippen molar-refractivity contribution in [3.05, 3.63) is 47.3 Å². The highest BCUT2D eigenvalue weighted by atomic mass is 32.2. The molecule has 2 heteroatoms. The first-order valence-corrected chi connectivity index (χ1v) is 5.77. The Kier molecular flexibility index (Phi) is 2.71. The van der Waals surface area contributed by atoms with Crippen molar-refractivity contribution in [1.29, 1.82) is 0 Å². The molecule has 1 heterocycles. The summed E-state index contributed by atoms with van der Waals surface area (Å²) in [6.07, 6.45) is 0. The van der Waals surface area contributed by atoms with Gasteiger partial charge in [-0.3, -0.25) is 0 Å². The quantitative estimate of drug-likeness (QED) is 0.709. The SMILES string of the molecule is Cc1ccc(Sc2ccccc2)s1. The zero-order valence-corrected chi connectivity index (χ0v) is 8.99. The molecule has 1 aromatic carbocycles. The Labute approximate surface area is 86.6 Å². The number of thiophene rings is 1. The van der Waals surface area contributed by atoms with E-state index in [1.165, 1.54) is 14.0 Å². The third-order valence-corrected chi connectivity index (χ3v) is 3.82. The summed E-state index contributed by atoms with van der Waals surface area (Å²) in [5, 5.41) is 0. The van der Waals surface area contributed by atoms with Crippen LogP contribution >= 0.6 is 23.1 Å². The van der Waals surface area contributed by atoms with E-state index >= 15 is 0 Å². The second kappa shape index (κ2) is 3.99. The Hall–Kier alpha value is -0.730. The smallest absolute Gasteiger partial charge is 0.0649 e. The third kappa shape index (κ3) is 2.36. The van der Waals surface area contributed by atoms with Crippen LogP contribution in [0.1, 0.15) is 4.88 Å². The van der Waals surface area contributed by atoms with Gasteiger partial charge >= 0.3 is 0 Å². The molecule has 13 heavy (non-hydrogen) atoms. The van der Waals surface area contributed by atoms with E-state index < -0.39 is 0 Å². The molecule has 1 aromatic heterocycles. The highest BCUT2D eigenvalue weighted by Gasteiger charge is 1.98. The van der Waals surface area contributed by atoms with Crippen LogP contribution in [0.2, 0.25) is 0 Å². The average molecular weight is 206 g/mol. The lowest BCUT2D eigenvalue weighted by Gasteiger charge is -1.95. The first-order valence-electron chi connectivity index (χ1n) is 4.14. The molecule has 66 valence electrons. The zero-order valence-electron chi connectivity index (χ0n) is 7.36. The fraction of sp³-hybridized carbons (Fsp3) is 0.0909. The molecule has 0 amide bonds. The van der Waals surface area contributed by atoms with Gasteiger partial charge in [-0.1, -0.05) is 30.0 Å². The van der Waals surface area contributed by atoms with Crippen molar-refractivity contribution in [2.45, 2.75) is 16.0 Å². The van der Waals surface area contributed by atoms with Crippen molar-refractivity contribution in [3.63, 3.8) is 0 Å². The summed E-state index contributed by atoms with van der Waals surface area (Å²) in [5.41, 5.74) is 0. The molecule has 0 fully saturated rings. The van der Waals surface area contributed by atoms with Crippen molar-refractivity contribution >= 4 is 23.1 Å². The molecule has 0 atom stereocenters. The second-order valence-corrected chi connectivity index (χ2v) is 5.44. The first-order chi connectivity index (χ1) is 6.34. The van der Waals surface area contributed by atoms with Crippen LogP contribution in [-0.4, -0.2) is 0 Å². The molecule has 0 unspecified atom stereocenters. The Bertz CT molecular complexity index is 376. The predicted octanol–water partition coefficient (Wildman–Crippen LogP) is 4.21. The molecule has 0 N–H and O–H groups in total. The third-order valence-electron chi connectivity index (χ3n) is 1.68. The average Bonchev–Trinajstić information content (AvgIpc) is 2.53. The van der Waals surface area contributed by atoms with Crippen molar-refractivity contribution < 1.29 is 0 Å². The summed E-state index contributed by atoms with van der Waals surface area (Å²) in [7, 11) is 0. The summed E-state index contributed by atoms with van der Waals surface area (Å²) in [6.45, 7) is 2.14. The monoisotopic (exact) mass is 206 g/mol. The van der Waals surface area contributed by atoms with Crippen LogP contribution in [0.5, 0.6) is 0 Å². The summed E-state index contributed by atoms with van der Waals surface area (Å²) in [4.78, 5) is 2.68. The minimum absolute atomic E-state index is 1.31. The van der Waals surface area contributed by atoms with Crippen molar-refractivity contribution in [2.75, 3.05) is 0 Å². The minimum Gasteiger partial charge on any atom is -0.134 e. The Morgan fingerprint density at radius 1 is 1.00 bits per heavy atom. The summed E-state index contributed by atoms with van der Waals surface area (Å²) < 4.78 is 1.36. The van der Waals surface area contributed by atoms with E-state index in [0.717, 1.165) is 0 Å². The highest BCUT2D eigenvalue weighted by Crippen LogP contribution is 2.32. The number of hydrogen-bond acceptors (Lipinski definition) is 2. The topological polar surface area (TPSA) is 0 Å². The van der Waals surface area contributed by atoms with Gasteiger partial charge in [0.05, 0.1) is 4.21 Å². The standard InChI is InChI=1S/C11H10S2/c1-9-7-8-11(12-9)13-10-5-3-2-4-6-10/h2-8H,1H3. The van der Waals surface area contributed by atoms with E-state index in [1.54, 1.807) is 0 Å². The molecule has 0 nitrogen and oxygen atoms in total. The van der Waals surface area contributed by atoms with E-state index in [4.69, 9.17) is 0 Å². The molecule has 2 rings (SSSR count). The van der Waals surface area contributed by atoms with Gasteiger partial charge in [-0.25, -0.2) is 0 Å². The molecule has 2 aromatic rings. The highest BCUT2D eigenvalue weighted by molar-refractivity contribution is 8.01. The maximum Gasteiger partial charge on any atom is 0.0649 e. The van der Waals surface area contributed by atoms with Gasteiger partial charge in [0.25, 0.3) is 0 Å². The normalized spacial score (nSPS) is 10.2. The lowest BCUT2D eigenvalue weighted by atomic mass is 10.4. The maximum atomic E-state index is 2.18. The van der Waals surface area contributed by atoms with Gasteiger partial charge in [-0.15, -0.1) is 11.3 Å². The van der Waals surface area contributed by atoms with Crippen molar-refractivity contribution in [3.8, 4) is 0 Å². The summed E-state index contributed by atoms with van der Waals surface area (Å²) in [6, 6.07) is 14.8. The van der Waals surface area contributed by atoms with Gasteiger partial charge in [0.15, 0.2) is 0 Å². The largest absolute Gasteiger partial charge is 0.134 e. The van der Waals surface area contributed by atoms with Crippen LogP contribution in [0.3, 0.4) is 0 Å². The zero-order chi connectivity index (χ0) is 9.10. The van der Waals surface area contributed by atoms with Crippen LogP contribution in [0, 0.1) is 6.92 Å². The molecule has 0 radical (unpaired) electrons. The van der Waals surface area contributed by atoms with E-state index in [9.17, 15) is 0 Å². The molecule has 0 saturated heterocycles. The van der Waals surface area contributed by atoms with Crippen LogP contribution in [0.4, 0.5) is 0 Å². The molecule has 0 aliphatic rings. The lowest BCUT2D eigenvalue weighted by Crippen LogP contribution is -1.65. The van der Waals surface area contributed by atoms with Crippen LogP contribution < -0.4 is 0 Å². The molecular weight excluding hydrogens is 196 g/mol. The predicted molar refractivity (Wildman–Crippen MR) is 59.6 cm³/mol. The first kappa shape index (κ1) is 8.85. The fourth-order valence-corrected chi connectivity index (χ4v) is 3.17. The van der Waals surface area contributed by atoms with Gasteiger partial charge in [-0.2, -0.15) is 0 Å². The van der Waals surface area contributed by atoms with Gasteiger partial charge in [0.2, 0.25) is 0 Å². The van der Waals surface area contributed by atoms with E-state index in [2.05, 4.69) is 43.3 Å². The Balaban J connectivity index is 2.15. The van der Waals surface area contributed by atoms with Gasteiger partial charge in [-0.05, 0) is 31.2 Å². The summed E-state index contributed by atoms with van der Waals surface area (Å²) in [5.74, 6) is 0. The lowest BCUT2D eigenvalue weighted by molar-refractivity contribution is 1.46. The number of aryl methyl sites for hydroxylation is 1.